The highest BCUT2D eigenvalue weighted by Crippen LogP contribution is 2.30. The van der Waals surface area contributed by atoms with E-state index in [9.17, 15) is 0 Å². The summed E-state index contributed by atoms with van der Waals surface area (Å²) in [6, 6.07) is 18.1. The maximum absolute atomic E-state index is 5.97. The normalized spacial score (nSPS) is 11.5. The Balaban J connectivity index is 1.79. The smallest absolute Gasteiger partial charge is 0.226 e. The molecule has 0 saturated heterocycles. The molecule has 24 heavy (non-hydrogen) atoms. The van der Waals surface area contributed by atoms with E-state index in [1.165, 1.54) is 5.56 Å². The monoisotopic (exact) mass is 321 g/mol. The van der Waals surface area contributed by atoms with E-state index in [0.717, 1.165) is 22.8 Å². The lowest BCUT2D eigenvalue weighted by Crippen LogP contribution is -2.27. The summed E-state index contributed by atoms with van der Waals surface area (Å²) in [7, 11) is 0. The molecule has 3 aromatic rings. The van der Waals surface area contributed by atoms with E-state index in [4.69, 9.17) is 14.1 Å². The van der Waals surface area contributed by atoms with Crippen LogP contribution in [0.1, 0.15) is 30.9 Å². The Kier molecular flexibility index (Phi) is 4.43. The number of hydrogen-bond donors (Lipinski definition) is 0. The Morgan fingerprint density at radius 1 is 0.958 bits per heavy atom. The van der Waals surface area contributed by atoms with Crippen LogP contribution in [0.4, 0.5) is 0 Å². The molecule has 0 radical (unpaired) electrons. The van der Waals surface area contributed by atoms with Gasteiger partial charge in [0.05, 0.1) is 12.3 Å². The van der Waals surface area contributed by atoms with Crippen LogP contribution in [0, 0.1) is 13.8 Å². The summed E-state index contributed by atoms with van der Waals surface area (Å²) in [5.74, 6) is 2.37. The van der Waals surface area contributed by atoms with Crippen LogP contribution in [-0.4, -0.2) is 11.6 Å². The van der Waals surface area contributed by atoms with E-state index >= 15 is 0 Å². The molecule has 0 amide bonds. The molecule has 3 heteroatoms. The molecule has 3 rings (SSSR count). The molecule has 0 atom stereocenters. The maximum Gasteiger partial charge on any atom is 0.226 e. The predicted octanol–water partition coefficient (Wildman–Crippen LogP) is 5.32. The van der Waals surface area contributed by atoms with Crippen molar-refractivity contribution in [2.45, 2.75) is 33.1 Å². The van der Waals surface area contributed by atoms with Crippen molar-refractivity contribution in [2.24, 2.45) is 0 Å². The lowest BCUT2D eigenvalue weighted by molar-refractivity contribution is 0.236. The van der Waals surface area contributed by atoms with E-state index in [1.807, 2.05) is 49.4 Å². The minimum atomic E-state index is -0.245. The van der Waals surface area contributed by atoms with Crippen molar-refractivity contribution in [3.05, 3.63) is 71.6 Å². The Bertz CT molecular complexity index is 802. The van der Waals surface area contributed by atoms with Crippen molar-refractivity contribution in [3.63, 3.8) is 0 Å². The molecule has 1 aromatic heterocycles. The number of benzene rings is 2. The topological polar surface area (TPSA) is 35.3 Å². The van der Waals surface area contributed by atoms with Gasteiger partial charge in [-0.25, -0.2) is 4.98 Å². The molecule has 0 N–H and O–H groups in total. The summed E-state index contributed by atoms with van der Waals surface area (Å²) in [5.41, 5.74) is 2.91. The molecular weight excluding hydrogens is 298 g/mol. The average molecular weight is 321 g/mol. The minimum Gasteiger partial charge on any atom is -0.493 e. The second kappa shape index (κ2) is 6.52. The Labute approximate surface area is 143 Å². The molecule has 0 bridgehead atoms. The van der Waals surface area contributed by atoms with E-state index in [1.54, 1.807) is 0 Å². The zero-order chi connectivity index (χ0) is 17.2. The SMILES string of the molecule is Cc1ccc(OCC(C)(C)c2nc(-c3ccccc3)oc2C)cc1. The van der Waals surface area contributed by atoms with Gasteiger partial charge >= 0.3 is 0 Å². The van der Waals surface area contributed by atoms with Crippen LogP contribution in [0.5, 0.6) is 5.75 Å². The second-order valence-electron chi connectivity index (χ2n) is 6.78. The number of oxazole rings is 1. The molecule has 0 fully saturated rings. The van der Waals surface area contributed by atoms with Crippen LogP contribution in [0.3, 0.4) is 0 Å². The van der Waals surface area contributed by atoms with Crippen LogP contribution < -0.4 is 4.74 Å². The molecule has 0 spiro atoms. The van der Waals surface area contributed by atoms with Crippen molar-refractivity contribution in [1.82, 2.24) is 4.98 Å². The van der Waals surface area contributed by atoms with Crippen LogP contribution in [0.25, 0.3) is 11.5 Å². The summed E-state index contributed by atoms with van der Waals surface area (Å²) in [4.78, 5) is 4.73. The first kappa shape index (κ1) is 16.3. The summed E-state index contributed by atoms with van der Waals surface area (Å²) in [6.45, 7) is 8.82. The van der Waals surface area contributed by atoms with Gasteiger partial charge in [0, 0.05) is 11.0 Å². The van der Waals surface area contributed by atoms with Crippen molar-refractivity contribution in [2.75, 3.05) is 6.61 Å². The molecule has 0 unspecified atom stereocenters. The summed E-state index contributed by atoms with van der Waals surface area (Å²) in [5, 5.41) is 0. The molecule has 0 aliphatic heterocycles. The van der Waals surface area contributed by atoms with Gasteiger partial charge < -0.3 is 9.15 Å². The van der Waals surface area contributed by atoms with Gasteiger partial charge in [-0.2, -0.15) is 0 Å². The molecule has 0 aliphatic rings. The van der Waals surface area contributed by atoms with Gasteiger partial charge in [-0.3, -0.25) is 0 Å². The summed E-state index contributed by atoms with van der Waals surface area (Å²) < 4.78 is 11.9. The van der Waals surface area contributed by atoms with Gasteiger partial charge in [-0.1, -0.05) is 49.7 Å². The molecule has 124 valence electrons. The third-order valence-electron chi connectivity index (χ3n) is 4.08. The molecular formula is C21H23NO2. The number of hydrogen-bond acceptors (Lipinski definition) is 3. The molecule has 1 heterocycles. The number of aromatic nitrogens is 1. The van der Waals surface area contributed by atoms with Gasteiger partial charge in [0.1, 0.15) is 11.5 Å². The van der Waals surface area contributed by atoms with Crippen molar-refractivity contribution < 1.29 is 9.15 Å². The Hall–Kier alpha value is -2.55. The number of nitrogens with zero attached hydrogens (tertiary/aromatic N) is 1. The lowest BCUT2D eigenvalue weighted by atomic mass is 9.89. The van der Waals surface area contributed by atoms with Crippen molar-refractivity contribution in [3.8, 4) is 17.2 Å². The number of aryl methyl sites for hydroxylation is 2. The summed E-state index contributed by atoms with van der Waals surface area (Å²) in [6.07, 6.45) is 0. The van der Waals surface area contributed by atoms with Gasteiger partial charge in [-0.05, 0) is 38.1 Å². The van der Waals surface area contributed by atoms with Crippen LogP contribution in [-0.2, 0) is 5.41 Å². The fourth-order valence-corrected chi connectivity index (χ4v) is 2.70. The third-order valence-corrected chi connectivity index (χ3v) is 4.08. The molecule has 2 aromatic carbocycles. The van der Waals surface area contributed by atoms with Gasteiger partial charge in [0.15, 0.2) is 0 Å². The highest BCUT2D eigenvalue weighted by atomic mass is 16.5. The minimum absolute atomic E-state index is 0.245. The first-order valence-corrected chi connectivity index (χ1v) is 8.18. The molecule has 0 aliphatic carbocycles. The number of rotatable bonds is 5. The standard InChI is InChI=1S/C21H23NO2/c1-15-10-12-18(13-11-15)23-14-21(3,4)19-16(2)24-20(22-19)17-8-6-5-7-9-17/h5-13H,14H2,1-4H3. The largest absolute Gasteiger partial charge is 0.493 e. The summed E-state index contributed by atoms with van der Waals surface area (Å²) >= 11 is 0. The average Bonchev–Trinajstić information content (AvgIpc) is 2.98. The highest BCUT2D eigenvalue weighted by Gasteiger charge is 2.29. The first-order valence-electron chi connectivity index (χ1n) is 8.18. The van der Waals surface area contributed by atoms with E-state index in [-0.39, 0.29) is 5.41 Å². The van der Waals surface area contributed by atoms with E-state index in [0.29, 0.717) is 12.5 Å². The predicted molar refractivity (Wildman–Crippen MR) is 96.4 cm³/mol. The Morgan fingerprint density at radius 3 is 2.29 bits per heavy atom. The van der Waals surface area contributed by atoms with Crippen LogP contribution in [0.15, 0.2) is 59.0 Å². The van der Waals surface area contributed by atoms with E-state index < -0.39 is 0 Å². The zero-order valence-electron chi connectivity index (χ0n) is 14.7. The van der Waals surface area contributed by atoms with Crippen LogP contribution in [0.2, 0.25) is 0 Å². The Morgan fingerprint density at radius 2 is 1.62 bits per heavy atom. The van der Waals surface area contributed by atoms with Crippen molar-refractivity contribution >= 4 is 0 Å². The van der Waals surface area contributed by atoms with E-state index in [2.05, 4.69) is 32.9 Å². The second-order valence-corrected chi connectivity index (χ2v) is 6.78. The first-order chi connectivity index (χ1) is 11.5. The quantitative estimate of drug-likeness (QED) is 0.638. The van der Waals surface area contributed by atoms with Gasteiger partial charge in [0.2, 0.25) is 5.89 Å². The van der Waals surface area contributed by atoms with Gasteiger partial charge in [0.25, 0.3) is 0 Å². The van der Waals surface area contributed by atoms with Gasteiger partial charge in [-0.15, -0.1) is 0 Å². The van der Waals surface area contributed by atoms with Crippen LogP contribution >= 0.6 is 0 Å². The van der Waals surface area contributed by atoms with Crippen molar-refractivity contribution in [1.29, 1.82) is 0 Å². The fraction of sp³-hybridized carbons (Fsp3) is 0.286. The zero-order valence-corrected chi connectivity index (χ0v) is 14.7. The molecule has 3 nitrogen and oxygen atoms in total. The number of ether oxygens (including phenoxy) is 1. The third kappa shape index (κ3) is 3.51. The maximum atomic E-state index is 5.97. The fourth-order valence-electron chi connectivity index (χ4n) is 2.70. The lowest BCUT2D eigenvalue weighted by Gasteiger charge is -2.23. The molecule has 0 saturated carbocycles. The highest BCUT2D eigenvalue weighted by molar-refractivity contribution is 5.53.